The molecule has 1 aromatic carbocycles. The van der Waals surface area contributed by atoms with E-state index < -0.39 is 0 Å². The van der Waals surface area contributed by atoms with Crippen molar-refractivity contribution in [2.24, 2.45) is 0 Å². The molecule has 1 rings (SSSR count). The molecule has 1 aromatic rings. The van der Waals surface area contributed by atoms with Crippen molar-refractivity contribution in [2.45, 2.75) is 6.92 Å². The van der Waals surface area contributed by atoms with E-state index in [9.17, 15) is 9.90 Å². The van der Waals surface area contributed by atoms with Crippen LogP contribution in [0.15, 0.2) is 12.1 Å². The van der Waals surface area contributed by atoms with Crippen molar-refractivity contribution in [1.29, 1.82) is 0 Å². The van der Waals surface area contributed by atoms with Gasteiger partial charge < -0.3 is 10.8 Å². The van der Waals surface area contributed by atoms with Gasteiger partial charge >= 0.3 is 0 Å². The number of alkyl halides is 1. The van der Waals surface area contributed by atoms with Gasteiger partial charge in [-0.05, 0) is 24.6 Å². The largest absolute Gasteiger partial charge is 0.506 e. The summed E-state index contributed by atoms with van der Waals surface area (Å²) in [4.78, 5) is 11.3. The van der Waals surface area contributed by atoms with E-state index in [-0.39, 0.29) is 22.6 Å². The molecule has 0 fully saturated rings. The molecule has 0 heterocycles. The smallest absolute Gasteiger partial charge is 0.173 e. The highest BCUT2D eigenvalue weighted by atomic mass is 79.9. The Bertz CT molecular complexity index is 350. The fourth-order valence-electron chi connectivity index (χ4n) is 1.08. The van der Waals surface area contributed by atoms with Crippen LogP contribution < -0.4 is 5.73 Å². The highest BCUT2D eigenvalue weighted by Gasteiger charge is 2.10. The zero-order chi connectivity index (χ0) is 10.0. The zero-order valence-electron chi connectivity index (χ0n) is 7.17. The number of halogens is 1. The Labute approximate surface area is 84.7 Å². The SMILES string of the molecule is Cc1cc(O)c(N)cc1C(=O)CBr. The fourth-order valence-corrected chi connectivity index (χ4v) is 1.38. The van der Waals surface area contributed by atoms with Crippen molar-refractivity contribution in [2.75, 3.05) is 11.1 Å². The zero-order valence-corrected chi connectivity index (χ0v) is 8.76. The molecule has 0 saturated heterocycles. The first kappa shape index (κ1) is 10.1. The predicted octanol–water partition coefficient (Wildman–Crippen LogP) is 1.86. The molecular weight excluding hydrogens is 234 g/mol. The Morgan fingerprint density at radius 3 is 2.77 bits per heavy atom. The lowest BCUT2D eigenvalue weighted by Crippen LogP contribution is -2.03. The molecule has 0 saturated carbocycles. The van der Waals surface area contributed by atoms with Gasteiger partial charge in [-0.2, -0.15) is 0 Å². The molecule has 0 spiro atoms. The fraction of sp³-hybridized carbons (Fsp3) is 0.222. The van der Waals surface area contributed by atoms with Gasteiger partial charge in [0.15, 0.2) is 5.78 Å². The van der Waals surface area contributed by atoms with E-state index >= 15 is 0 Å². The van der Waals surface area contributed by atoms with Gasteiger partial charge in [0.05, 0.1) is 11.0 Å². The van der Waals surface area contributed by atoms with E-state index in [1.54, 1.807) is 6.92 Å². The summed E-state index contributed by atoms with van der Waals surface area (Å²) in [7, 11) is 0. The molecule has 0 atom stereocenters. The molecule has 3 N–H and O–H groups in total. The van der Waals surface area contributed by atoms with Gasteiger partial charge in [0.25, 0.3) is 0 Å². The number of ketones is 1. The average molecular weight is 244 g/mol. The molecule has 0 aliphatic heterocycles. The maximum Gasteiger partial charge on any atom is 0.173 e. The summed E-state index contributed by atoms with van der Waals surface area (Å²) >= 11 is 3.08. The number of nitrogen functional groups attached to an aromatic ring is 1. The van der Waals surface area contributed by atoms with E-state index in [0.717, 1.165) is 5.56 Å². The Hall–Kier alpha value is -1.03. The van der Waals surface area contributed by atoms with E-state index in [0.29, 0.717) is 5.56 Å². The third-order valence-electron chi connectivity index (χ3n) is 1.80. The van der Waals surface area contributed by atoms with Gasteiger partial charge in [0.2, 0.25) is 0 Å². The molecule has 0 aliphatic carbocycles. The minimum Gasteiger partial charge on any atom is -0.506 e. The second-order valence-corrected chi connectivity index (χ2v) is 3.34. The Kier molecular flexibility index (Phi) is 2.93. The third kappa shape index (κ3) is 2.01. The summed E-state index contributed by atoms with van der Waals surface area (Å²) in [6, 6.07) is 2.99. The first-order valence-corrected chi connectivity index (χ1v) is 4.86. The molecule has 4 heteroatoms. The standard InChI is InChI=1S/C9H10BrNO2/c1-5-2-8(12)7(11)3-6(5)9(13)4-10/h2-3,12H,4,11H2,1H3. The molecule has 0 amide bonds. The van der Waals surface area contributed by atoms with Gasteiger partial charge in [-0.1, -0.05) is 15.9 Å². The van der Waals surface area contributed by atoms with Crippen LogP contribution in [0.25, 0.3) is 0 Å². The molecule has 13 heavy (non-hydrogen) atoms. The maximum absolute atomic E-state index is 11.3. The number of hydrogen-bond acceptors (Lipinski definition) is 3. The predicted molar refractivity (Wildman–Crippen MR) is 55.4 cm³/mol. The Balaban J connectivity index is 3.23. The number of hydrogen-bond donors (Lipinski definition) is 2. The van der Waals surface area contributed by atoms with Crippen LogP contribution >= 0.6 is 15.9 Å². The normalized spacial score (nSPS) is 10.0. The second kappa shape index (κ2) is 3.79. The third-order valence-corrected chi connectivity index (χ3v) is 2.30. The van der Waals surface area contributed by atoms with Crippen molar-refractivity contribution >= 4 is 27.4 Å². The van der Waals surface area contributed by atoms with Gasteiger partial charge in [-0.15, -0.1) is 0 Å². The lowest BCUT2D eigenvalue weighted by atomic mass is 10.0. The van der Waals surface area contributed by atoms with Gasteiger partial charge in [0.1, 0.15) is 5.75 Å². The summed E-state index contributed by atoms with van der Waals surface area (Å²) < 4.78 is 0. The number of nitrogens with two attached hydrogens (primary N) is 1. The summed E-state index contributed by atoms with van der Waals surface area (Å²) in [6.07, 6.45) is 0. The summed E-state index contributed by atoms with van der Waals surface area (Å²) in [5.74, 6) is -0.0205. The molecule has 70 valence electrons. The number of rotatable bonds is 2. The van der Waals surface area contributed by atoms with E-state index in [1.807, 2.05) is 0 Å². The number of carbonyl (C=O) groups excluding carboxylic acids is 1. The minimum atomic E-state index is -0.0378. The van der Waals surface area contributed by atoms with Crippen molar-refractivity contribution in [1.82, 2.24) is 0 Å². The summed E-state index contributed by atoms with van der Waals surface area (Å²) in [5.41, 5.74) is 6.98. The van der Waals surface area contributed by atoms with Crippen LogP contribution in [0.1, 0.15) is 15.9 Å². The lowest BCUT2D eigenvalue weighted by Gasteiger charge is -2.05. The van der Waals surface area contributed by atoms with Gasteiger partial charge in [-0.25, -0.2) is 0 Å². The molecule has 0 bridgehead atoms. The number of benzene rings is 1. The van der Waals surface area contributed by atoms with Crippen LogP contribution in [-0.2, 0) is 0 Å². The van der Waals surface area contributed by atoms with Crippen LogP contribution in [0.5, 0.6) is 5.75 Å². The number of aryl methyl sites for hydroxylation is 1. The number of aromatic hydroxyl groups is 1. The van der Waals surface area contributed by atoms with Crippen LogP contribution in [-0.4, -0.2) is 16.2 Å². The number of carbonyl (C=O) groups is 1. The summed E-state index contributed by atoms with van der Waals surface area (Å²) in [6.45, 7) is 1.76. The highest BCUT2D eigenvalue weighted by Crippen LogP contribution is 2.24. The van der Waals surface area contributed by atoms with Gasteiger partial charge in [-0.3, -0.25) is 4.79 Å². The Morgan fingerprint density at radius 1 is 1.62 bits per heavy atom. The first-order valence-electron chi connectivity index (χ1n) is 3.74. The topological polar surface area (TPSA) is 63.3 Å². The van der Waals surface area contributed by atoms with Crippen molar-refractivity contribution in [3.8, 4) is 5.75 Å². The minimum absolute atomic E-state index is 0.0172. The lowest BCUT2D eigenvalue weighted by molar-refractivity contribution is 0.102. The van der Waals surface area contributed by atoms with Gasteiger partial charge in [0, 0.05) is 5.56 Å². The highest BCUT2D eigenvalue weighted by molar-refractivity contribution is 9.09. The van der Waals surface area contributed by atoms with Crippen LogP contribution in [0.3, 0.4) is 0 Å². The molecular formula is C9H10BrNO2. The quantitative estimate of drug-likeness (QED) is 0.361. The molecule has 0 radical (unpaired) electrons. The Morgan fingerprint density at radius 2 is 2.23 bits per heavy atom. The van der Waals surface area contributed by atoms with Crippen molar-refractivity contribution in [3.63, 3.8) is 0 Å². The number of phenols is 1. The second-order valence-electron chi connectivity index (χ2n) is 2.78. The van der Waals surface area contributed by atoms with Crippen molar-refractivity contribution < 1.29 is 9.90 Å². The van der Waals surface area contributed by atoms with E-state index in [2.05, 4.69) is 15.9 Å². The van der Waals surface area contributed by atoms with E-state index in [1.165, 1.54) is 12.1 Å². The average Bonchev–Trinajstić information content (AvgIpc) is 2.10. The van der Waals surface area contributed by atoms with Crippen LogP contribution in [0.2, 0.25) is 0 Å². The number of Topliss-reactive ketones (excluding diaryl/α,β-unsaturated/α-hetero) is 1. The van der Waals surface area contributed by atoms with Crippen molar-refractivity contribution in [3.05, 3.63) is 23.3 Å². The van der Waals surface area contributed by atoms with Crippen LogP contribution in [0, 0.1) is 6.92 Å². The van der Waals surface area contributed by atoms with Crippen LogP contribution in [0.4, 0.5) is 5.69 Å². The van der Waals surface area contributed by atoms with E-state index in [4.69, 9.17) is 5.73 Å². The first-order chi connectivity index (χ1) is 6.06. The molecule has 0 unspecified atom stereocenters. The summed E-state index contributed by atoms with van der Waals surface area (Å²) in [5, 5.41) is 9.49. The maximum atomic E-state index is 11.3. The molecule has 0 aliphatic rings. The molecule has 0 aromatic heterocycles. The molecule has 3 nitrogen and oxygen atoms in total. The monoisotopic (exact) mass is 243 g/mol. The number of anilines is 1. The number of phenolic OH excluding ortho intramolecular Hbond substituents is 1.